The van der Waals surface area contributed by atoms with Gasteiger partial charge < -0.3 is 8.98 Å². The summed E-state index contributed by atoms with van der Waals surface area (Å²) in [6.45, 7) is 0.607. The zero-order chi connectivity index (χ0) is 16.7. The lowest BCUT2D eigenvalue weighted by Gasteiger charge is -2.05. The number of halogens is 1. The average molecular weight is 349 g/mol. The summed E-state index contributed by atoms with van der Waals surface area (Å²) in [5.41, 5.74) is 0.486. The number of fused-ring (bicyclic) bond motifs is 1. The van der Waals surface area contributed by atoms with Crippen molar-refractivity contribution in [3.8, 4) is 11.5 Å². The molecule has 1 N–H and O–H groups in total. The van der Waals surface area contributed by atoms with Gasteiger partial charge in [-0.15, -0.1) is 5.10 Å². The summed E-state index contributed by atoms with van der Waals surface area (Å²) in [7, 11) is -3.88. The van der Waals surface area contributed by atoms with Crippen LogP contribution >= 0.6 is 0 Å². The van der Waals surface area contributed by atoms with Gasteiger partial charge in [-0.05, 0) is 30.7 Å². The molecule has 10 heteroatoms. The molecule has 0 bridgehead atoms. The van der Waals surface area contributed by atoms with Gasteiger partial charge in [0, 0.05) is 18.5 Å². The smallest absolute Gasteiger partial charge is 0.330 e. The van der Waals surface area contributed by atoms with Crippen LogP contribution in [-0.4, -0.2) is 28.2 Å². The van der Waals surface area contributed by atoms with E-state index in [1.165, 1.54) is 30.5 Å². The highest BCUT2D eigenvalue weighted by Crippen LogP contribution is 2.24. The first-order chi connectivity index (χ1) is 11.5. The highest BCUT2D eigenvalue weighted by Gasteiger charge is 2.26. The van der Waals surface area contributed by atoms with E-state index in [9.17, 15) is 12.8 Å². The third-order valence-electron chi connectivity index (χ3n) is 3.70. The van der Waals surface area contributed by atoms with E-state index in [4.69, 9.17) is 4.42 Å². The van der Waals surface area contributed by atoms with Gasteiger partial charge in [0.25, 0.3) is 10.0 Å². The summed E-state index contributed by atoms with van der Waals surface area (Å²) in [5, 5.41) is 7.51. The number of aryl methyl sites for hydroxylation is 1. The number of nitrogens with zero attached hydrogens (tertiary/aromatic N) is 4. The molecular formula is C14H12FN5O3S. The van der Waals surface area contributed by atoms with Gasteiger partial charge in [0.2, 0.25) is 5.89 Å². The van der Waals surface area contributed by atoms with Crippen LogP contribution in [-0.2, 0) is 23.0 Å². The van der Waals surface area contributed by atoms with Crippen molar-refractivity contribution in [3.05, 3.63) is 42.1 Å². The fraction of sp³-hybridized carbons (Fsp3) is 0.214. The molecule has 2 aromatic heterocycles. The third kappa shape index (κ3) is 2.54. The Labute approximate surface area is 136 Å². The molecule has 3 aromatic rings. The fourth-order valence-electron chi connectivity index (χ4n) is 2.59. The van der Waals surface area contributed by atoms with Crippen LogP contribution in [0.3, 0.4) is 0 Å². The molecule has 3 heterocycles. The molecule has 1 aliphatic heterocycles. The Kier molecular flexibility index (Phi) is 3.34. The molecular weight excluding hydrogens is 337 g/mol. The summed E-state index contributed by atoms with van der Waals surface area (Å²) in [4.78, 5) is 4.11. The lowest BCUT2D eigenvalue weighted by Crippen LogP contribution is -2.17. The highest BCUT2D eigenvalue weighted by molar-refractivity contribution is 7.92. The predicted molar refractivity (Wildman–Crippen MR) is 81.0 cm³/mol. The maximum atomic E-state index is 12.9. The van der Waals surface area contributed by atoms with Crippen LogP contribution in [0.2, 0.25) is 0 Å². The Morgan fingerprint density at radius 1 is 1.21 bits per heavy atom. The Hall–Kier alpha value is -2.75. The van der Waals surface area contributed by atoms with Crippen LogP contribution in [0.25, 0.3) is 11.5 Å². The Bertz CT molecular complexity index is 994. The van der Waals surface area contributed by atoms with Gasteiger partial charge in [0.1, 0.15) is 11.6 Å². The number of anilines is 1. The lowest BCUT2D eigenvalue weighted by atomic mass is 10.2. The van der Waals surface area contributed by atoms with E-state index in [0.717, 1.165) is 18.7 Å². The molecule has 0 spiro atoms. The monoisotopic (exact) mass is 349 g/mol. The molecule has 0 amide bonds. The second kappa shape index (κ2) is 5.41. The lowest BCUT2D eigenvalue weighted by molar-refractivity contribution is 0.568. The predicted octanol–water partition coefficient (Wildman–Crippen LogP) is 1.82. The van der Waals surface area contributed by atoms with Crippen LogP contribution in [0.5, 0.6) is 0 Å². The molecule has 0 aliphatic carbocycles. The molecule has 1 aliphatic rings. The minimum absolute atomic E-state index is 0.0662. The van der Waals surface area contributed by atoms with Gasteiger partial charge in [0.15, 0.2) is 5.03 Å². The first-order valence-electron chi connectivity index (χ1n) is 7.19. The van der Waals surface area contributed by atoms with Crippen LogP contribution in [0.1, 0.15) is 12.2 Å². The zero-order valence-electron chi connectivity index (χ0n) is 12.3. The Morgan fingerprint density at radius 3 is 2.79 bits per heavy atom. The maximum Gasteiger partial charge on any atom is 0.330 e. The Balaban J connectivity index is 1.60. The van der Waals surface area contributed by atoms with Gasteiger partial charge >= 0.3 is 6.01 Å². The fourth-order valence-corrected chi connectivity index (χ4v) is 3.68. The first-order valence-corrected chi connectivity index (χ1v) is 8.68. The van der Waals surface area contributed by atoms with E-state index in [1.54, 1.807) is 4.57 Å². The van der Waals surface area contributed by atoms with E-state index < -0.39 is 15.8 Å². The Morgan fingerprint density at radius 2 is 2.00 bits per heavy atom. The standard InChI is InChI=1S/C14H12FN5O3S/c15-10-5-3-9(4-6-10)13-17-18-14(23-13)19-24(21,22)12-8-16-11-2-1-7-20(11)12/h3-6,8H,1-2,7H2,(H,18,19). The van der Waals surface area contributed by atoms with Gasteiger partial charge in [0.05, 0.1) is 6.20 Å². The van der Waals surface area contributed by atoms with Crippen molar-refractivity contribution in [2.24, 2.45) is 0 Å². The molecule has 4 rings (SSSR count). The SMILES string of the molecule is O=S(=O)(Nc1nnc(-c2ccc(F)cc2)o1)c1cnc2n1CCC2. The van der Waals surface area contributed by atoms with Crippen LogP contribution in [0, 0.1) is 5.82 Å². The summed E-state index contributed by atoms with van der Waals surface area (Å²) >= 11 is 0. The van der Waals surface area contributed by atoms with E-state index >= 15 is 0 Å². The van der Waals surface area contributed by atoms with Crippen molar-refractivity contribution in [1.82, 2.24) is 19.7 Å². The van der Waals surface area contributed by atoms with Gasteiger partial charge in [-0.25, -0.2) is 14.1 Å². The number of imidazole rings is 1. The average Bonchev–Trinajstić information content (AvgIpc) is 3.23. The van der Waals surface area contributed by atoms with Gasteiger partial charge in [-0.1, -0.05) is 5.10 Å². The summed E-state index contributed by atoms with van der Waals surface area (Å²) in [5.74, 6) is 0.438. The number of hydrogen-bond acceptors (Lipinski definition) is 6. The number of sulfonamides is 1. The number of rotatable bonds is 4. The number of hydrogen-bond donors (Lipinski definition) is 1. The van der Waals surface area contributed by atoms with Crippen LogP contribution < -0.4 is 4.72 Å². The molecule has 0 unspecified atom stereocenters. The largest absolute Gasteiger partial charge is 0.403 e. The number of benzene rings is 1. The minimum Gasteiger partial charge on any atom is -0.403 e. The van der Waals surface area contributed by atoms with Crippen molar-refractivity contribution in [3.63, 3.8) is 0 Å². The highest BCUT2D eigenvalue weighted by atomic mass is 32.2. The summed E-state index contributed by atoms with van der Waals surface area (Å²) in [6, 6.07) is 5.16. The van der Waals surface area contributed by atoms with E-state index in [1.807, 2.05) is 0 Å². The van der Waals surface area contributed by atoms with Crippen molar-refractivity contribution in [2.75, 3.05) is 4.72 Å². The van der Waals surface area contributed by atoms with Crippen molar-refractivity contribution >= 4 is 16.0 Å². The molecule has 0 atom stereocenters. The molecule has 1 aromatic carbocycles. The second-order valence-electron chi connectivity index (χ2n) is 5.29. The third-order valence-corrected chi connectivity index (χ3v) is 5.02. The number of nitrogens with one attached hydrogen (secondary N) is 1. The molecule has 24 heavy (non-hydrogen) atoms. The van der Waals surface area contributed by atoms with Crippen molar-refractivity contribution in [2.45, 2.75) is 24.4 Å². The van der Waals surface area contributed by atoms with E-state index in [0.29, 0.717) is 12.1 Å². The van der Waals surface area contributed by atoms with E-state index in [2.05, 4.69) is 19.9 Å². The minimum atomic E-state index is -3.88. The summed E-state index contributed by atoms with van der Waals surface area (Å²) in [6.07, 6.45) is 2.93. The molecule has 124 valence electrons. The topological polar surface area (TPSA) is 103 Å². The molecule has 8 nitrogen and oxygen atoms in total. The van der Waals surface area contributed by atoms with E-state index in [-0.39, 0.29) is 16.9 Å². The molecule has 0 saturated carbocycles. The quantitative estimate of drug-likeness (QED) is 0.771. The second-order valence-corrected chi connectivity index (χ2v) is 6.92. The maximum absolute atomic E-state index is 12.9. The van der Waals surface area contributed by atoms with Crippen LogP contribution in [0.4, 0.5) is 10.4 Å². The normalized spacial score (nSPS) is 13.9. The molecule has 0 fully saturated rings. The zero-order valence-corrected chi connectivity index (χ0v) is 13.1. The van der Waals surface area contributed by atoms with Crippen molar-refractivity contribution in [1.29, 1.82) is 0 Å². The molecule has 0 radical (unpaired) electrons. The van der Waals surface area contributed by atoms with Crippen molar-refractivity contribution < 1.29 is 17.2 Å². The first kappa shape index (κ1) is 14.8. The summed E-state index contributed by atoms with van der Waals surface area (Å²) < 4.78 is 47.1. The number of aromatic nitrogens is 4. The van der Waals surface area contributed by atoms with Gasteiger partial charge in [-0.3, -0.25) is 0 Å². The molecule has 0 saturated heterocycles. The van der Waals surface area contributed by atoms with Gasteiger partial charge in [-0.2, -0.15) is 8.42 Å². The van der Waals surface area contributed by atoms with Crippen LogP contribution in [0.15, 0.2) is 39.9 Å².